The summed E-state index contributed by atoms with van der Waals surface area (Å²) in [7, 11) is 2.03. The van der Waals surface area contributed by atoms with Gasteiger partial charge in [0.2, 0.25) is 0 Å². The second-order valence-electron chi connectivity index (χ2n) is 4.70. The fourth-order valence-corrected chi connectivity index (χ4v) is 1.80. The van der Waals surface area contributed by atoms with Gasteiger partial charge in [0.25, 0.3) is 0 Å². The molecule has 76 valence electrons. The second-order valence-corrected chi connectivity index (χ2v) is 4.70. The normalized spacial score (nSPS) is 20.7. The van der Waals surface area contributed by atoms with Crippen molar-refractivity contribution in [2.24, 2.45) is 0 Å². The van der Waals surface area contributed by atoms with Crippen LogP contribution in [0.2, 0.25) is 0 Å². The molecule has 1 fully saturated rings. The van der Waals surface area contributed by atoms with Crippen LogP contribution in [0, 0.1) is 0 Å². The van der Waals surface area contributed by atoms with Gasteiger partial charge in [0.05, 0.1) is 0 Å². The Morgan fingerprint density at radius 2 is 2.23 bits per heavy atom. The Balaban J connectivity index is 2.40. The van der Waals surface area contributed by atoms with Gasteiger partial charge in [0.1, 0.15) is 0 Å². The van der Waals surface area contributed by atoms with E-state index < -0.39 is 0 Å². The van der Waals surface area contributed by atoms with Crippen molar-refractivity contribution < 1.29 is 0 Å². The summed E-state index contributed by atoms with van der Waals surface area (Å²) in [5, 5.41) is 3.33. The van der Waals surface area contributed by atoms with Crippen molar-refractivity contribution in [2.45, 2.75) is 32.2 Å². The summed E-state index contributed by atoms with van der Waals surface area (Å²) < 4.78 is 0. The highest BCUT2D eigenvalue weighted by Gasteiger charge is 2.21. The summed E-state index contributed by atoms with van der Waals surface area (Å²) in [6.07, 6.45) is 2.50. The fourth-order valence-electron chi connectivity index (χ4n) is 1.80. The van der Waals surface area contributed by atoms with Gasteiger partial charge in [0.15, 0.2) is 0 Å². The molecule has 2 heteroatoms. The van der Waals surface area contributed by atoms with Crippen molar-refractivity contribution >= 4 is 0 Å². The number of nitrogens with one attached hydrogen (secondary N) is 1. The lowest BCUT2D eigenvalue weighted by molar-refractivity contribution is 0.202. The predicted octanol–water partition coefficient (Wildman–Crippen LogP) is 1.64. The average Bonchev–Trinajstić information content (AvgIpc) is 2.03. The average molecular weight is 182 g/mol. The number of hydrogen-bond acceptors (Lipinski definition) is 2. The molecule has 1 rings (SSSR count). The molecule has 0 aromatic rings. The van der Waals surface area contributed by atoms with Gasteiger partial charge < -0.3 is 5.32 Å². The van der Waals surface area contributed by atoms with Crippen molar-refractivity contribution in [2.75, 3.05) is 26.7 Å². The van der Waals surface area contributed by atoms with E-state index in [1.165, 1.54) is 25.0 Å². The van der Waals surface area contributed by atoms with Crippen LogP contribution in [-0.4, -0.2) is 37.1 Å². The van der Waals surface area contributed by atoms with Gasteiger partial charge in [-0.15, -0.1) is 0 Å². The standard InChI is InChI=1S/C11H22N2/c1-10-6-5-7-13(8-10)9-11(2,3)12-4/h12H,1,5-9H2,2-4H3. The molecule has 1 aliphatic rings. The second kappa shape index (κ2) is 4.25. The summed E-state index contributed by atoms with van der Waals surface area (Å²) >= 11 is 0. The molecule has 0 saturated carbocycles. The number of likely N-dealkylation sites (tertiary alicyclic amines) is 1. The Morgan fingerprint density at radius 3 is 2.77 bits per heavy atom. The molecule has 0 bridgehead atoms. The highest BCUT2D eigenvalue weighted by atomic mass is 15.2. The quantitative estimate of drug-likeness (QED) is 0.667. The molecule has 13 heavy (non-hydrogen) atoms. The molecule has 1 heterocycles. The number of likely N-dealkylation sites (N-methyl/N-ethyl adjacent to an activating group) is 1. The molecule has 0 spiro atoms. The Hall–Kier alpha value is -0.340. The smallest absolute Gasteiger partial charge is 0.0249 e. The molecule has 0 aliphatic carbocycles. The third-order valence-electron chi connectivity index (χ3n) is 2.75. The van der Waals surface area contributed by atoms with Gasteiger partial charge >= 0.3 is 0 Å². The van der Waals surface area contributed by atoms with E-state index in [2.05, 4.69) is 30.6 Å². The van der Waals surface area contributed by atoms with Crippen LogP contribution in [-0.2, 0) is 0 Å². The maximum absolute atomic E-state index is 4.06. The lowest BCUT2D eigenvalue weighted by Gasteiger charge is -2.35. The first-order valence-electron chi connectivity index (χ1n) is 5.11. The van der Waals surface area contributed by atoms with Crippen molar-refractivity contribution in [3.63, 3.8) is 0 Å². The Bertz CT molecular complexity index is 185. The third kappa shape index (κ3) is 3.49. The lowest BCUT2D eigenvalue weighted by atomic mass is 10.0. The number of rotatable bonds is 3. The molecule has 1 N–H and O–H groups in total. The SMILES string of the molecule is C=C1CCCN(CC(C)(C)NC)C1. The predicted molar refractivity (Wildman–Crippen MR) is 58.0 cm³/mol. The van der Waals surface area contributed by atoms with E-state index in [1.54, 1.807) is 0 Å². The number of hydrogen-bond donors (Lipinski definition) is 1. The summed E-state index contributed by atoms with van der Waals surface area (Å²) in [4.78, 5) is 2.49. The largest absolute Gasteiger partial charge is 0.314 e. The van der Waals surface area contributed by atoms with Crippen LogP contribution in [0.4, 0.5) is 0 Å². The minimum atomic E-state index is 0.220. The summed E-state index contributed by atoms with van der Waals surface area (Å²) in [5.74, 6) is 0. The van der Waals surface area contributed by atoms with Crippen molar-refractivity contribution in [3.8, 4) is 0 Å². The zero-order valence-electron chi connectivity index (χ0n) is 9.19. The topological polar surface area (TPSA) is 15.3 Å². The minimum absolute atomic E-state index is 0.220. The van der Waals surface area contributed by atoms with Gasteiger partial charge in [-0.25, -0.2) is 0 Å². The fraction of sp³-hybridized carbons (Fsp3) is 0.818. The highest BCUT2D eigenvalue weighted by molar-refractivity contribution is 5.01. The first kappa shape index (κ1) is 10.7. The Morgan fingerprint density at radius 1 is 1.54 bits per heavy atom. The Labute approximate surface area is 82.0 Å². The highest BCUT2D eigenvalue weighted by Crippen LogP contribution is 2.15. The molecule has 0 amide bonds. The van der Waals surface area contributed by atoms with Gasteiger partial charge in [-0.3, -0.25) is 4.90 Å². The van der Waals surface area contributed by atoms with Crippen LogP contribution < -0.4 is 5.32 Å². The van der Waals surface area contributed by atoms with E-state index in [-0.39, 0.29) is 5.54 Å². The lowest BCUT2D eigenvalue weighted by Crippen LogP contribution is -2.49. The maximum atomic E-state index is 4.06. The molecule has 0 atom stereocenters. The van der Waals surface area contributed by atoms with Crippen LogP contribution in [0.3, 0.4) is 0 Å². The Kier molecular flexibility index (Phi) is 3.51. The van der Waals surface area contributed by atoms with E-state index in [4.69, 9.17) is 0 Å². The van der Waals surface area contributed by atoms with Gasteiger partial charge in [-0.05, 0) is 40.3 Å². The van der Waals surface area contributed by atoms with E-state index in [1.807, 2.05) is 7.05 Å². The summed E-state index contributed by atoms with van der Waals surface area (Å²) in [5.41, 5.74) is 1.61. The van der Waals surface area contributed by atoms with Gasteiger partial charge in [0, 0.05) is 18.6 Å². The minimum Gasteiger partial charge on any atom is -0.314 e. The van der Waals surface area contributed by atoms with E-state index in [0.29, 0.717) is 0 Å². The molecular formula is C11H22N2. The van der Waals surface area contributed by atoms with Crippen molar-refractivity contribution in [1.29, 1.82) is 0 Å². The van der Waals surface area contributed by atoms with Gasteiger partial charge in [-0.1, -0.05) is 12.2 Å². The monoisotopic (exact) mass is 182 g/mol. The first-order chi connectivity index (χ1) is 6.03. The number of piperidine rings is 1. The van der Waals surface area contributed by atoms with E-state index >= 15 is 0 Å². The molecule has 1 saturated heterocycles. The maximum Gasteiger partial charge on any atom is 0.0249 e. The molecule has 0 aromatic heterocycles. The number of nitrogens with zero attached hydrogens (tertiary/aromatic N) is 1. The summed E-state index contributed by atoms with van der Waals surface area (Å²) in [6.45, 7) is 12.0. The molecular weight excluding hydrogens is 160 g/mol. The van der Waals surface area contributed by atoms with Crippen LogP contribution in [0.5, 0.6) is 0 Å². The zero-order valence-corrected chi connectivity index (χ0v) is 9.19. The molecule has 0 radical (unpaired) electrons. The van der Waals surface area contributed by atoms with Crippen molar-refractivity contribution in [1.82, 2.24) is 10.2 Å². The molecule has 2 nitrogen and oxygen atoms in total. The third-order valence-corrected chi connectivity index (χ3v) is 2.75. The van der Waals surface area contributed by atoms with Crippen LogP contribution in [0.1, 0.15) is 26.7 Å². The molecule has 1 aliphatic heterocycles. The zero-order chi connectivity index (χ0) is 9.90. The molecule has 0 unspecified atom stereocenters. The molecule has 0 aromatic carbocycles. The van der Waals surface area contributed by atoms with Crippen molar-refractivity contribution in [3.05, 3.63) is 12.2 Å². The summed E-state index contributed by atoms with van der Waals surface area (Å²) in [6, 6.07) is 0. The van der Waals surface area contributed by atoms with Gasteiger partial charge in [-0.2, -0.15) is 0 Å². The van der Waals surface area contributed by atoms with E-state index in [9.17, 15) is 0 Å². The van der Waals surface area contributed by atoms with Crippen LogP contribution in [0.25, 0.3) is 0 Å². The first-order valence-corrected chi connectivity index (χ1v) is 5.11. The van der Waals surface area contributed by atoms with Crippen LogP contribution >= 0.6 is 0 Å². The van der Waals surface area contributed by atoms with E-state index in [0.717, 1.165) is 13.1 Å². The van der Waals surface area contributed by atoms with Crippen LogP contribution in [0.15, 0.2) is 12.2 Å².